The highest BCUT2D eigenvalue weighted by molar-refractivity contribution is 7.98. The molecule has 3 aromatic rings. The number of benzene rings is 2. The Bertz CT molecular complexity index is 998. The quantitative estimate of drug-likeness (QED) is 0.543. The lowest BCUT2D eigenvalue weighted by Gasteiger charge is -2.09. The second-order valence-electron chi connectivity index (χ2n) is 6.89. The molecule has 144 valence electrons. The molecule has 1 amide bonds. The molecule has 0 unspecified atom stereocenters. The van der Waals surface area contributed by atoms with Gasteiger partial charge in [-0.15, -0.1) is 11.8 Å². The Morgan fingerprint density at radius 3 is 2.75 bits per heavy atom. The number of carbonyl (C=O) groups is 1. The van der Waals surface area contributed by atoms with Crippen molar-refractivity contribution in [3.63, 3.8) is 0 Å². The summed E-state index contributed by atoms with van der Waals surface area (Å²) in [5.74, 6) is 0.695. The van der Waals surface area contributed by atoms with Crippen LogP contribution in [0.15, 0.2) is 53.4 Å². The Balaban J connectivity index is 1.71. The molecule has 1 aliphatic rings. The average molecular weight is 412 g/mol. The first-order valence-corrected chi connectivity index (χ1v) is 11.1. The largest absolute Gasteiger partial charge is 0.327 e. The van der Waals surface area contributed by atoms with Gasteiger partial charge in [0.25, 0.3) is 5.91 Å². The Morgan fingerprint density at radius 1 is 1.14 bits per heavy atom. The number of rotatable bonds is 4. The van der Waals surface area contributed by atoms with E-state index < -0.39 is 0 Å². The van der Waals surface area contributed by atoms with Crippen LogP contribution in [0.5, 0.6) is 0 Å². The van der Waals surface area contributed by atoms with Gasteiger partial charge in [0.2, 0.25) is 0 Å². The first kappa shape index (κ1) is 19.1. The molecule has 0 atom stereocenters. The van der Waals surface area contributed by atoms with Crippen molar-refractivity contribution in [3.8, 4) is 11.4 Å². The third-order valence-corrected chi connectivity index (χ3v) is 5.99. The van der Waals surface area contributed by atoms with Crippen LogP contribution < -0.4 is 5.32 Å². The number of imidazole rings is 1. The van der Waals surface area contributed by atoms with E-state index >= 15 is 0 Å². The summed E-state index contributed by atoms with van der Waals surface area (Å²) in [5.41, 5.74) is 3.33. The third kappa shape index (κ3) is 3.96. The van der Waals surface area contributed by atoms with E-state index in [2.05, 4.69) is 9.88 Å². The molecule has 0 fully saturated rings. The number of nitrogens with zero attached hydrogens (tertiary/aromatic N) is 2. The minimum absolute atomic E-state index is 0.149. The summed E-state index contributed by atoms with van der Waals surface area (Å²) in [7, 11) is 0. The van der Waals surface area contributed by atoms with Crippen LogP contribution in [0, 0.1) is 0 Å². The zero-order chi connectivity index (χ0) is 19.5. The van der Waals surface area contributed by atoms with Crippen molar-refractivity contribution < 1.29 is 4.79 Å². The smallest absolute Gasteiger partial charge is 0.276 e. The molecule has 0 saturated heterocycles. The highest BCUT2D eigenvalue weighted by Gasteiger charge is 2.24. The molecule has 1 aliphatic heterocycles. The van der Waals surface area contributed by atoms with Crippen LogP contribution in [0.1, 0.15) is 35.4 Å². The lowest BCUT2D eigenvalue weighted by Crippen LogP contribution is -2.15. The van der Waals surface area contributed by atoms with Crippen molar-refractivity contribution in [2.75, 3.05) is 11.6 Å². The molecule has 1 aromatic heterocycles. The minimum atomic E-state index is -0.149. The molecule has 6 heteroatoms. The van der Waals surface area contributed by atoms with Crippen LogP contribution in [0.4, 0.5) is 5.69 Å². The number of anilines is 1. The molecule has 0 aliphatic carbocycles. The standard InChI is InChI=1S/C22H22ClN3OS/c1-28-18-7-5-6-17(14-18)24-22(27)20-19-8-3-2-4-13-26(19)21(25-20)15-9-11-16(23)12-10-15/h5-7,9-12,14H,2-4,8,13H2,1H3,(H,24,27). The van der Waals surface area contributed by atoms with Crippen molar-refractivity contribution in [3.05, 3.63) is 64.9 Å². The lowest BCUT2D eigenvalue weighted by atomic mass is 10.1. The van der Waals surface area contributed by atoms with Crippen molar-refractivity contribution in [1.82, 2.24) is 9.55 Å². The Morgan fingerprint density at radius 2 is 1.96 bits per heavy atom. The lowest BCUT2D eigenvalue weighted by molar-refractivity contribution is 0.102. The van der Waals surface area contributed by atoms with Gasteiger partial charge in [0.05, 0.1) is 5.69 Å². The van der Waals surface area contributed by atoms with E-state index in [4.69, 9.17) is 16.6 Å². The number of hydrogen-bond donors (Lipinski definition) is 1. The van der Waals surface area contributed by atoms with Gasteiger partial charge in [0, 0.05) is 27.7 Å². The molecule has 0 bridgehead atoms. The number of hydrogen-bond acceptors (Lipinski definition) is 3. The predicted molar refractivity (Wildman–Crippen MR) is 116 cm³/mol. The van der Waals surface area contributed by atoms with Crippen molar-refractivity contribution >= 4 is 35.0 Å². The van der Waals surface area contributed by atoms with Crippen LogP contribution in [-0.2, 0) is 13.0 Å². The van der Waals surface area contributed by atoms with E-state index in [1.165, 1.54) is 6.42 Å². The molecule has 1 N–H and O–H groups in total. The summed E-state index contributed by atoms with van der Waals surface area (Å²) in [6.07, 6.45) is 6.23. The van der Waals surface area contributed by atoms with Gasteiger partial charge in [0.15, 0.2) is 0 Å². The van der Waals surface area contributed by atoms with Gasteiger partial charge in [-0.05, 0) is 68.0 Å². The first-order valence-electron chi connectivity index (χ1n) is 9.46. The maximum atomic E-state index is 13.1. The van der Waals surface area contributed by atoms with Gasteiger partial charge in [-0.2, -0.15) is 0 Å². The highest BCUT2D eigenvalue weighted by Crippen LogP contribution is 2.29. The molecule has 2 heterocycles. The monoisotopic (exact) mass is 411 g/mol. The Hall–Kier alpha value is -2.24. The van der Waals surface area contributed by atoms with E-state index in [0.29, 0.717) is 10.7 Å². The van der Waals surface area contributed by atoms with E-state index in [-0.39, 0.29) is 5.91 Å². The highest BCUT2D eigenvalue weighted by atomic mass is 35.5. The van der Waals surface area contributed by atoms with Crippen LogP contribution in [0.25, 0.3) is 11.4 Å². The van der Waals surface area contributed by atoms with Crippen LogP contribution in [0.3, 0.4) is 0 Å². The van der Waals surface area contributed by atoms with E-state index in [9.17, 15) is 4.79 Å². The van der Waals surface area contributed by atoms with E-state index in [0.717, 1.165) is 53.5 Å². The zero-order valence-electron chi connectivity index (χ0n) is 15.7. The number of thioether (sulfide) groups is 1. The normalized spacial score (nSPS) is 13.6. The molecule has 0 saturated carbocycles. The predicted octanol–water partition coefficient (Wildman–Crippen LogP) is 5.90. The summed E-state index contributed by atoms with van der Waals surface area (Å²) in [6.45, 7) is 0.884. The minimum Gasteiger partial charge on any atom is -0.327 e. The van der Waals surface area contributed by atoms with Gasteiger partial charge in [-0.1, -0.05) is 24.1 Å². The summed E-state index contributed by atoms with van der Waals surface area (Å²) in [6, 6.07) is 15.5. The number of aromatic nitrogens is 2. The third-order valence-electron chi connectivity index (χ3n) is 5.01. The SMILES string of the molecule is CSc1cccc(NC(=O)c2nc(-c3ccc(Cl)cc3)n3c2CCCCC3)c1. The van der Waals surface area contributed by atoms with Crippen molar-refractivity contribution in [2.24, 2.45) is 0 Å². The zero-order valence-corrected chi connectivity index (χ0v) is 17.3. The van der Waals surface area contributed by atoms with Crippen LogP contribution in [-0.4, -0.2) is 21.7 Å². The Kier molecular flexibility index (Phi) is 5.74. The molecule has 2 aromatic carbocycles. The van der Waals surface area contributed by atoms with E-state index in [1.54, 1.807) is 11.8 Å². The summed E-state index contributed by atoms with van der Waals surface area (Å²) < 4.78 is 2.21. The van der Waals surface area contributed by atoms with Gasteiger partial charge >= 0.3 is 0 Å². The number of halogens is 1. The second-order valence-corrected chi connectivity index (χ2v) is 8.20. The maximum Gasteiger partial charge on any atom is 0.276 e. The van der Waals surface area contributed by atoms with Crippen LogP contribution >= 0.6 is 23.4 Å². The molecule has 4 nitrogen and oxygen atoms in total. The summed E-state index contributed by atoms with van der Waals surface area (Å²) in [5, 5.41) is 3.72. The molecule has 0 radical (unpaired) electrons. The first-order chi connectivity index (χ1) is 13.7. The molecule has 28 heavy (non-hydrogen) atoms. The van der Waals surface area contributed by atoms with Gasteiger partial charge in [-0.3, -0.25) is 4.79 Å². The Labute approximate surface area is 174 Å². The number of amides is 1. The molecule has 4 rings (SSSR count). The summed E-state index contributed by atoms with van der Waals surface area (Å²) >= 11 is 7.70. The van der Waals surface area contributed by atoms with E-state index in [1.807, 2.05) is 54.8 Å². The molecule has 0 spiro atoms. The fourth-order valence-corrected chi connectivity index (χ4v) is 4.20. The van der Waals surface area contributed by atoms with Crippen LogP contribution in [0.2, 0.25) is 5.02 Å². The second kappa shape index (κ2) is 8.41. The molecular formula is C22H22ClN3OS. The number of fused-ring (bicyclic) bond motifs is 1. The number of carbonyl (C=O) groups excluding carboxylic acids is 1. The maximum absolute atomic E-state index is 13.1. The summed E-state index contributed by atoms with van der Waals surface area (Å²) in [4.78, 5) is 19.0. The fourth-order valence-electron chi connectivity index (χ4n) is 3.61. The number of nitrogens with one attached hydrogen (secondary N) is 1. The van der Waals surface area contributed by atoms with Gasteiger partial charge in [0.1, 0.15) is 11.5 Å². The van der Waals surface area contributed by atoms with Crippen molar-refractivity contribution in [2.45, 2.75) is 37.1 Å². The van der Waals surface area contributed by atoms with Gasteiger partial charge in [-0.25, -0.2) is 4.98 Å². The topological polar surface area (TPSA) is 46.9 Å². The average Bonchev–Trinajstić information content (AvgIpc) is 2.90. The van der Waals surface area contributed by atoms with Crippen molar-refractivity contribution in [1.29, 1.82) is 0 Å². The molecular weight excluding hydrogens is 390 g/mol. The fraction of sp³-hybridized carbons (Fsp3) is 0.273. The van der Waals surface area contributed by atoms with Gasteiger partial charge < -0.3 is 9.88 Å².